The molecule has 0 aromatic heterocycles. The fraction of sp³-hybridized carbons (Fsp3) is 0.800. The summed E-state index contributed by atoms with van der Waals surface area (Å²) in [7, 11) is -4.53. The standard InChI is InChI=1S/C5H7F3O4S/c6-5(7,8)4(9)2-1-3-13(10,11)12/h1-3H2,(H,10,11,12)/p-1. The van der Waals surface area contributed by atoms with E-state index in [2.05, 4.69) is 0 Å². The third-order valence-electron chi connectivity index (χ3n) is 1.11. The zero-order valence-electron chi connectivity index (χ0n) is 6.30. The molecule has 78 valence electrons. The maximum absolute atomic E-state index is 11.5. The van der Waals surface area contributed by atoms with E-state index in [0.717, 1.165) is 0 Å². The van der Waals surface area contributed by atoms with Gasteiger partial charge in [-0.15, -0.1) is 0 Å². The number of carbonyl (C=O) groups is 1. The van der Waals surface area contributed by atoms with Crippen LogP contribution in [-0.4, -0.2) is 30.7 Å². The van der Waals surface area contributed by atoms with Crippen LogP contribution in [0.5, 0.6) is 0 Å². The minimum atomic E-state index is -4.95. The monoisotopic (exact) mass is 219 g/mol. The number of rotatable bonds is 4. The van der Waals surface area contributed by atoms with Gasteiger partial charge in [0.2, 0.25) is 5.78 Å². The highest BCUT2D eigenvalue weighted by molar-refractivity contribution is 7.85. The number of alkyl halides is 3. The van der Waals surface area contributed by atoms with Gasteiger partial charge in [0.15, 0.2) is 0 Å². The highest BCUT2D eigenvalue weighted by atomic mass is 32.2. The van der Waals surface area contributed by atoms with Crippen LogP contribution in [0.3, 0.4) is 0 Å². The van der Waals surface area contributed by atoms with Crippen LogP contribution in [0.4, 0.5) is 13.2 Å². The third-order valence-corrected chi connectivity index (χ3v) is 1.90. The Morgan fingerprint density at radius 1 is 1.31 bits per heavy atom. The molecule has 0 fully saturated rings. The largest absolute Gasteiger partial charge is 0.748 e. The van der Waals surface area contributed by atoms with Crippen LogP contribution in [0.25, 0.3) is 0 Å². The van der Waals surface area contributed by atoms with Crippen molar-refractivity contribution in [2.45, 2.75) is 19.0 Å². The van der Waals surface area contributed by atoms with Crippen LogP contribution in [-0.2, 0) is 14.9 Å². The van der Waals surface area contributed by atoms with Crippen LogP contribution in [0, 0.1) is 0 Å². The number of halogens is 3. The lowest BCUT2D eigenvalue weighted by Crippen LogP contribution is -2.23. The second-order valence-electron chi connectivity index (χ2n) is 2.29. The Hall–Kier alpha value is -0.630. The van der Waals surface area contributed by atoms with Gasteiger partial charge in [-0.1, -0.05) is 0 Å². The minimum Gasteiger partial charge on any atom is -0.748 e. The quantitative estimate of drug-likeness (QED) is 0.643. The summed E-state index contributed by atoms with van der Waals surface area (Å²) in [5, 5.41) is 0. The molecular weight excluding hydrogens is 213 g/mol. The summed E-state index contributed by atoms with van der Waals surface area (Å²) < 4.78 is 64.2. The van der Waals surface area contributed by atoms with Crippen LogP contribution in [0.1, 0.15) is 12.8 Å². The Bertz CT molecular complexity index is 279. The van der Waals surface area contributed by atoms with Crippen molar-refractivity contribution in [1.29, 1.82) is 0 Å². The molecule has 0 N–H and O–H groups in total. The molecule has 0 unspecified atom stereocenters. The molecular formula is C5H6F3O4S-. The van der Waals surface area contributed by atoms with Crippen molar-refractivity contribution in [1.82, 2.24) is 0 Å². The van der Waals surface area contributed by atoms with Gasteiger partial charge in [-0.3, -0.25) is 4.79 Å². The van der Waals surface area contributed by atoms with Crippen molar-refractivity contribution in [3.8, 4) is 0 Å². The lowest BCUT2D eigenvalue weighted by molar-refractivity contribution is -0.171. The molecule has 0 aromatic carbocycles. The highest BCUT2D eigenvalue weighted by Crippen LogP contribution is 2.18. The Morgan fingerprint density at radius 3 is 2.08 bits per heavy atom. The fourth-order valence-electron chi connectivity index (χ4n) is 0.551. The Labute approximate surface area is 72.5 Å². The van der Waals surface area contributed by atoms with E-state index in [9.17, 15) is 30.9 Å². The molecule has 0 radical (unpaired) electrons. The summed E-state index contributed by atoms with van der Waals surface area (Å²) in [6, 6.07) is 0. The van der Waals surface area contributed by atoms with Gasteiger partial charge < -0.3 is 4.55 Å². The first kappa shape index (κ1) is 12.4. The second kappa shape index (κ2) is 4.05. The summed E-state index contributed by atoms with van der Waals surface area (Å²) in [4.78, 5) is 10.1. The molecule has 0 bridgehead atoms. The summed E-state index contributed by atoms with van der Waals surface area (Å²) in [5.74, 6) is -2.97. The van der Waals surface area contributed by atoms with E-state index < -0.39 is 40.7 Å². The van der Waals surface area contributed by atoms with Gasteiger partial charge in [0.25, 0.3) is 0 Å². The Balaban J connectivity index is 3.87. The molecule has 0 aliphatic carbocycles. The molecule has 0 amide bonds. The first-order valence-electron chi connectivity index (χ1n) is 3.16. The maximum atomic E-state index is 11.5. The predicted octanol–water partition coefficient (Wildman–Crippen LogP) is 0.443. The molecule has 0 spiro atoms. The first-order valence-corrected chi connectivity index (χ1v) is 4.74. The lowest BCUT2D eigenvalue weighted by Gasteiger charge is -2.07. The number of Topliss-reactive ketones (excluding diaryl/α,β-unsaturated/α-hetero) is 1. The van der Waals surface area contributed by atoms with Gasteiger partial charge in [0.1, 0.15) is 0 Å². The van der Waals surface area contributed by atoms with Gasteiger partial charge in [-0.05, 0) is 6.42 Å². The minimum absolute atomic E-state index is 0.593. The molecule has 0 heterocycles. The van der Waals surface area contributed by atoms with Crippen LogP contribution in [0.2, 0.25) is 0 Å². The normalized spacial score (nSPS) is 12.9. The maximum Gasteiger partial charge on any atom is 0.449 e. The molecule has 0 saturated heterocycles. The Morgan fingerprint density at radius 2 is 1.77 bits per heavy atom. The molecule has 0 saturated carbocycles. The summed E-state index contributed by atoms with van der Waals surface area (Å²) in [6.07, 6.45) is -6.51. The van der Waals surface area contributed by atoms with Gasteiger partial charge in [0.05, 0.1) is 10.1 Å². The number of carbonyl (C=O) groups excluding carboxylic acids is 1. The summed E-state index contributed by atoms with van der Waals surface area (Å²) >= 11 is 0. The zero-order valence-corrected chi connectivity index (χ0v) is 7.11. The second-order valence-corrected chi connectivity index (χ2v) is 3.81. The third kappa shape index (κ3) is 6.52. The van der Waals surface area contributed by atoms with Crippen LogP contribution in [0.15, 0.2) is 0 Å². The number of ketones is 1. The molecule has 4 nitrogen and oxygen atoms in total. The van der Waals surface area contributed by atoms with Crippen molar-refractivity contribution < 1.29 is 30.9 Å². The zero-order chi connectivity index (χ0) is 10.7. The average molecular weight is 219 g/mol. The SMILES string of the molecule is O=C(CCCS(=O)(=O)[O-])C(F)(F)F. The topological polar surface area (TPSA) is 74.3 Å². The first-order chi connectivity index (χ1) is 5.63. The van der Waals surface area contributed by atoms with E-state index in [-0.39, 0.29) is 0 Å². The average Bonchev–Trinajstić information content (AvgIpc) is 1.82. The fourth-order valence-corrected chi connectivity index (χ4v) is 1.05. The van der Waals surface area contributed by atoms with Crippen molar-refractivity contribution in [3.05, 3.63) is 0 Å². The molecule has 0 aliphatic rings. The van der Waals surface area contributed by atoms with Crippen LogP contribution >= 0.6 is 0 Å². The molecule has 0 aliphatic heterocycles. The van der Waals surface area contributed by atoms with Gasteiger partial charge in [0, 0.05) is 12.2 Å². The van der Waals surface area contributed by atoms with E-state index in [4.69, 9.17) is 0 Å². The van der Waals surface area contributed by atoms with E-state index >= 15 is 0 Å². The molecule has 8 heteroatoms. The van der Waals surface area contributed by atoms with Crippen molar-refractivity contribution >= 4 is 15.9 Å². The van der Waals surface area contributed by atoms with E-state index in [0.29, 0.717) is 0 Å². The van der Waals surface area contributed by atoms with Gasteiger partial charge >= 0.3 is 6.18 Å². The van der Waals surface area contributed by atoms with E-state index in [1.165, 1.54) is 0 Å². The predicted molar refractivity (Wildman–Crippen MR) is 34.9 cm³/mol. The lowest BCUT2D eigenvalue weighted by atomic mass is 10.2. The highest BCUT2D eigenvalue weighted by Gasteiger charge is 2.37. The Kier molecular flexibility index (Phi) is 3.86. The van der Waals surface area contributed by atoms with Crippen LogP contribution < -0.4 is 0 Å². The number of hydrogen-bond donors (Lipinski definition) is 0. The molecule has 0 aromatic rings. The van der Waals surface area contributed by atoms with Crippen molar-refractivity contribution in [3.63, 3.8) is 0 Å². The van der Waals surface area contributed by atoms with E-state index in [1.807, 2.05) is 0 Å². The molecule has 0 rings (SSSR count). The van der Waals surface area contributed by atoms with Crippen molar-refractivity contribution in [2.24, 2.45) is 0 Å². The molecule has 13 heavy (non-hydrogen) atoms. The number of hydrogen-bond acceptors (Lipinski definition) is 4. The summed E-state index contributed by atoms with van der Waals surface area (Å²) in [6.45, 7) is 0. The summed E-state index contributed by atoms with van der Waals surface area (Å²) in [5.41, 5.74) is 0. The van der Waals surface area contributed by atoms with E-state index in [1.54, 1.807) is 0 Å². The van der Waals surface area contributed by atoms with Crippen molar-refractivity contribution in [2.75, 3.05) is 5.75 Å². The smallest absolute Gasteiger partial charge is 0.449 e. The molecule has 0 atom stereocenters. The van der Waals surface area contributed by atoms with Gasteiger partial charge in [-0.25, -0.2) is 8.42 Å². The van der Waals surface area contributed by atoms with Gasteiger partial charge in [-0.2, -0.15) is 13.2 Å².